The second kappa shape index (κ2) is 3.57. The van der Waals surface area contributed by atoms with Crippen LogP contribution in [0.25, 0.3) is 0 Å². The van der Waals surface area contributed by atoms with E-state index in [1.165, 1.54) is 0 Å². The highest BCUT2D eigenvalue weighted by Gasteiger charge is 2.48. The van der Waals surface area contributed by atoms with Gasteiger partial charge in [0.15, 0.2) is 5.60 Å². The van der Waals surface area contributed by atoms with Crippen LogP contribution in [-0.4, -0.2) is 36.6 Å². The molecular formula is C6H6BO6. The van der Waals surface area contributed by atoms with Crippen molar-refractivity contribution >= 4 is 25.9 Å². The van der Waals surface area contributed by atoms with Crippen LogP contribution in [0, 0.1) is 0 Å². The summed E-state index contributed by atoms with van der Waals surface area (Å²) in [5, 5.41) is 8.47. The van der Waals surface area contributed by atoms with Crippen LogP contribution in [0.2, 0.25) is 0 Å². The van der Waals surface area contributed by atoms with Crippen LogP contribution in [0.4, 0.5) is 0 Å². The molecule has 1 aliphatic rings. The van der Waals surface area contributed by atoms with Crippen LogP contribution in [0.3, 0.4) is 0 Å². The summed E-state index contributed by atoms with van der Waals surface area (Å²) in [6.07, 6.45) is -0.487. The van der Waals surface area contributed by atoms with Crippen molar-refractivity contribution < 1.29 is 28.8 Å². The molecule has 1 atom stereocenters. The Hall–Kier alpha value is -1.37. The number of carbonyl (C=O) groups is 3. The van der Waals surface area contributed by atoms with E-state index >= 15 is 0 Å². The minimum absolute atomic E-state index is 0.325. The van der Waals surface area contributed by atoms with Gasteiger partial charge >= 0.3 is 19.6 Å². The molecule has 0 aromatic heterocycles. The lowest BCUT2D eigenvalue weighted by Gasteiger charge is -2.19. The summed E-state index contributed by atoms with van der Waals surface area (Å²) in [6.45, 7) is 0. The number of hydrogen-bond donors (Lipinski definition) is 1. The summed E-state index contributed by atoms with van der Waals surface area (Å²) in [4.78, 5) is 31.6. The van der Waals surface area contributed by atoms with Crippen LogP contribution in [-0.2, 0) is 23.7 Å². The first-order valence-corrected chi connectivity index (χ1v) is 3.47. The summed E-state index contributed by atoms with van der Waals surface area (Å²) in [6, 6.07) is 0. The summed E-state index contributed by atoms with van der Waals surface area (Å²) in [5.74, 6) is -2.07. The molecule has 1 saturated heterocycles. The van der Waals surface area contributed by atoms with Gasteiger partial charge in [-0.05, 0) is 0 Å². The Morgan fingerprint density at radius 1 is 1.69 bits per heavy atom. The fraction of sp³-hybridized carbons (Fsp3) is 0.500. The lowest BCUT2D eigenvalue weighted by atomic mass is 9.96. The molecule has 0 aliphatic carbocycles. The summed E-state index contributed by atoms with van der Waals surface area (Å²) < 4.78 is 9.01. The monoisotopic (exact) mass is 185 g/mol. The normalized spacial score (nSPS) is 26.3. The van der Waals surface area contributed by atoms with Gasteiger partial charge in [0, 0.05) is 6.42 Å². The quantitative estimate of drug-likeness (QED) is 0.441. The van der Waals surface area contributed by atoms with Gasteiger partial charge in [-0.1, -0.05) is 0 Å². The van der Waals surface area contributed by atoms with Gasteiger partial charge in [-0.25, -0.2) is 0 Å². The van der Waals surface area contributed by atoms with E-state index in [1.54, 1.807) is 0 Å². The highest BCUT2D eigenvalue weighted by atomic mass is 16.7. The first-order chi connectivity index (χ1) is 6.10. The fourth-order valence-electron chi connectivity index (χ4n) is 1.01. The van der Waals surface area contributed by atoms with Crippen molar-refractivity contribution in [2.45, 2.75) is 18.4 Å². The van der Waals surface area contributed by atoms with Crippen molar-refractivity contribution in [3.05, 3.63) is 0 Å². The van der Waals surface area contributed by atoms with Crippen molar-refractivity contribution in [2.75, 3.05) is 0 Å². The van der Waals surface area contributed by atoms with Gasteiger partial charge in [0.2, 0.25) is 0 Å². The Balaban J connectivity index is 2.79. The maximum Gasteiger partial charge on any atom is 0.575 e. The summed E-state index contributed by atoms with van der Waals surface area (Å²) >= 11 is 0. The third-order valence-corrected chi connectivity index (χ3v) is 1.65. The molecule has 1 heterocycles. The van der Waals surface area contributed by atoms with Gasteiger partial charge in [0.25, 0.3) is 0 Å². The molecule has 0 saturated carbocycles. The van der Waals surface area contributed by atoms with Crippen molar-refractivity contribution in [3.8, 4) is 0 Å². The Morgan fingerprint density at radius 2 is 2.38 bits per heavy atom. The number of carboxylic acids is 1. The van der Waals surface area contributed by atoms with Crippen LogP contribution in [0.15, 0.2) is 0 Å². The van der Waals surface area contributed by atoms with E-state index in [-0.39, 0.29) is 6.42 Å². The van der Waals surface area contributed by atoms with Crippen molar-refractivity contribution in [3.63, 3.8) is 0 Å². The molecule has 1 fully saturated rings. The third-order valence-electron chi connectivity index (χ3n) is 1.65. The highest BCUT2D eigenvalue weighted by Crippen LogP contribution is 2.25. The second-order valence-electron chi connectivity index (χ2n) is 2.55. The molecule has 0 aromatic rings. The lowest BCUT2D eigenvalue weighted by Crippen LogP contribution is -2.39. The molecule has 6 nitrogen and oxygen atoms in total. The zero-order valence-electron chi connectivity index (χ0n) is 6.56. The molecule has 1 radical (unpaired) electrons. The van der Waals surface area contributed by atoms with Crippen molar-refractivity contribution in [1.29, 1.82) is 0 Å². The maximum absolute atomic E-state index is 11.0. The average Bonchev–Trinajstić information content (AvgIpc) is 2.32. The smallest absolute Gasteiger partial charge is 0.509 e. The van der Waals surface area contributed by atoms with E-state index in [1.807, 2.05) is 0 Å². The predicted molar refractivity (Wildman–Crippen MR) is 38.6 cm³/mol. The SMILES string of the molecule is O=CCC1(CC(=O)O)O[B]OC1=O. The fourth-order valence-corrected chi connectivity index (χ4v) is 1.01. The Morgan fingerprint density at radius 3 is 2.77 bits per heavy atom. The van der Waals surface area contributed by atoms with Gasteiger partial charge in [-0.2, -0.15) is 0 Å². The number of rotatable bonds is 4. The lowest BCUT2D eigenvalue weighted by molar-refractivity contribution is -0.153. The first-order valence-electron chi connectivity index (χ1n) is 3.47. The van der Waals surface area contributed by atoms with Gasteiger partial charge < -0.3 is 19.2 Å². The first kappa shape index (κ1) is 9.72. The molecule has 0 aromatic carbocycles. The number of aliphatic carboxylic acids is 1. The molecule has 7 heteroatoms. The van der Waals surface area contributed by atoms with E-state index in [2.05, 4.69) is 4.65 Å². The van der Waals surface area contributed by atoms with E-state index < -0.39 is 24.0 Å². The Kier molecular flexibility index (Phi) is 2.67. The Bertz CT molecular complexity index is 252. The average molecular weight is 185 g/mol. The Labute approximate surface area is 74.1 Å². The zero-order chi connectivity index (χ0) is 9.90. The molecular weight excluding hydrogens is 179 g/mol. The molecule has 0 amide bonds. The molecule has 1 unspecified atom stereocenters. The van der Waals surface area contributed by atoms with E-state index in [0.29, 0.717) is 6.29 Å². The molecule has 1 aliphatic heterocycles. The largest absolute Gasteiger partial charge is 0.575 e. The zero-order valence-corrected chi connectivity index (χ0v) is 6.56. The molecule has 13 heavy (non-hydrogen) atoms. The van der Waals surface area contributed by atoms with E-state index in [0.717, 1.165) is 7.69 Å². The number of carbonyl (C=O) groups excluding carboxylic acids is 2. The minimum atomic E-state index is -1.66. The predicted octanol–water partition coefficient (Wildman–Crippen LogP) is -1.10. The summed E-state index contributed by atoms with van der Waals surface area (Å²) in [7, 11) is 0.745. The van der Waals surface area contributed by atoms with Gasteiger partial charge in [0.1, 0.15) is 6.29 Å². The highest BCUT2D eigenvalue weighted by molar-refractivity contribution is 6.27. The van der Waals surface area contributed by atoms with Gasteiger partial charge in [-0.3, -0.25) is 9.59 Å². The number of carboxylic acid groups (broad SMARTS) is 1. The molecule has 1 rings (SSSR count). The molecule has 69 valence electrons. The van der Waals surface area contributed by atoms with E-state index in [9.17, 15) is 14.4 Å². The molecule has 0 spiro atoms. The van der Waals surface area contributed by atoms with Gasteiger partial charge in [-0.15, -0.1) is 0 Å². The van der Waals surface area contributed by atoms with Crippen LogP contribution < -0.4 is 0 Å². The van der Waals surface area contributed by atoms with Gasteiger partial charge in [0.05, 0.1) is 6.42 Å². The maximum atomic E-state index is 11.0. The summed E-state index contributed by atoms with van der Waals surface area (Å²) in [5.41, 5.74) is -1.66. The van der Waals surface area contributed by atoms with Crippen LogP contribution >= 0.6 is 0 Å². The number of aldehydes is 1. The number of hydrogen-bond acceptors (Lipinski definition) is 5. The molecule has 1 N–H and O–H groups in total. The topological polar surface area (TPSA) is 89.9 Å². The second-order valence-corrected chi connectivity index (χ2v) is 2.55. The van der Waals surface area contributed by atoms with Crippen LogP contribution in [0.5, 0.6) is 0 Å². The molecule has 0 bridgehead atoms. The van der Waals surface area contributed by atoms with Crippen LogP contribution in [0.1, 0.15) is 12.8 Å². The van der Waals surface area contributed by atoms with Crippen molar-refractivity contribution in [2.24, 2.45) is 0 Å². The standard InChI is InChI=1S/C6H6BO6/c8-2-1-6(3-4(9)10)5(11)12-7-13-6/h2H,1,3H2,(H,9,10). The minimum Gasteiger partial charge on any atom is -0.509 e. The third kappa shape index (κ3) is 1.86. The van der Waals surface area contributed by atoms with Crippen molar-refractivity contribution in [1.82, 2.24) is 0 Å². The van der Waals surface area contributed by atoms with E-state index in [4.69, 9.17) is 9.76 Å².